The second-order valence-corrected chi connectivity index (χ2v) is 7.95. The molecule has 3 aliphatic rings. The molecule has 3 amide bonds. The predicted molar refractivity (Wildman–Crippen MR) is 97.6 cm³/mol. The first-order valence-corrected chi connectivity index (χ1v) is 9.55. The molecular weight excluding hydrogens is 346 g/mol. The van der Waals surface area contributed by atoms with Crippen molar-refractivity contribution in [3.8, 4) is 0 Å². The number of carbonyl (C=O) groups is 3. The van der Waals surface area contributed by atoms with Crippen LogP contribution in [0.1, 0.15) is 31.2 Å². The minimum absolute atomic E-state index is 0.157. The van der Waals surface area contributed by atoms with Gasteiger partial charge in [-0.2, -0.15) is 0 Å². The molecule has 0 unspecified atom stereocenters. The number of benzene rings is 1. The number of amides is 3. The van der Waals surface area contributed by atoms with Gasteiger partial charge in [0.15, 0.2) is 0 Å². The Morgan fingerprint density at radius 2 is 1.74 bits per heavy atom. The number of hydrogen-bond acceptors (Lipinski definition) is 4. The van der Waals surface area contributed by atoms with Crippen LogP contribution in [0.25, 0.3) is 0 Å². The Balaban J connectivity index is 1.33. The van der Waals surface area contributed by atoms with Crippen LogP contribution in [0.4, 0.5) is 4.79 Å². The summed E-state index contributed by atoms with van der Waals surface area (Å²) in [6, 6.07) is 10.1. The molecule has 2 N–H and O–H groups in total. The lowest BCUT2D eigenvalue weighted by atomic mass is 9.90. The third-order valence-electron chi connectivity index (χ3n) is 6.15. The van der Waals surface area contributed by atoms with Gasteiger partial charge < -0.3 is 20.3 Å². The number of likely N-dealkylation sites (tertiary alicyclic amines) is 1. The molecule has 4 rings (SSSR count). The van der Waals surface area contributed by atoms with Gasteiger partial charge in [0.25, 0.3) is 0 Å². The van der Waals surface area contributed by atoms with Crippen molar-refractivity contribution in [3.63, 3.8) is 0 Å². The second-order valence-electron chi connectivity index (χ2n) is 7.95. The fourth-order valence-electron chi connectivity index (χ4n) is 4.14. The molecule has 27 heavy (non-hydrogen) atoms. The van der Waals surface area contributed by atoms with Gasteiger partial charge >= 0.3 is 6.09 Å². The summed E-state index contributed by atoms with van der Waals surface area (Å²) in [4.78, 5) is 40.0. The van der Waals surface area contributed by atoms with Gasteiger partial charge in [-0.05, 0) is 24.8 Å². The maximum Gasteiger partial charge on any atom is 0.410 e. The Morgan fingerprint density at radius 1 is 1.07 bits per heavy atom. The normalized spacial score (nSPS) is 22.6. The van der Waals surface area contributed by atoms with Gasteiger partial charge in [0.05, 0.1) is 6.54 Å². The fraction of sp³-hybridized carbons (Fsp3) is 0.550. The molecule has 2 saturated heterocycles. The van der Waals surface area contributed by atoms with E-state index in [4.69, 9.17) is 10.5 Å². The maximum atomic E-state index is 12.6. The Morgan fingerprint density at radius 3 is 2.33 bits per heavy atom. The van der Waals surface area contributed by atoms with Crippen LogP contribution in [0.15, 0.2) is 30.3 Å². The topological polar surface area (TPSA) is 92.9 Å². The zero-order chi connectivity index (χ0) is 19.1. The van der Waals surface area contributed by atoms with E-state index < -0.39 is 16.9 Å². The zero-order valence-corrected chi connectivity index (χ0v) is 15.4. The summed E-state index contributed by atoms with van der Waals surface area (Å²) in [5.74, 6) is -0.678. The molecule has 7 nitrogen and oxygen atoms in total. The molecule has 3 fully saturated rings. The van der Waals surface area contributed by atoms with E-state index in [1.165, 1.54) is 5.56 Å². The fourth-order valence-corrected chi connectivity index (χ4v) is 4.14. The number of ether oxygens (including phenoxy) is 1. The summed E-state index contributed by atoms with van der Waals surface area (Å²) in [6.07, 6.45) is 2.80. The van der Waals surface area contributed by atoms with Crippen LogP contribution < -0.4 is 5.73 Å². The lowest BCUT2D eigenvalue weighted by Crippen LogP contribution is -2.52. The third-order valence-corrected chi connectivity index (χ3v) is 6.15. The molecular formula is C20H25N3O4. The number of primary amides is 1. The van der Waals surface area contributed by atoms with Crippen molar-refractivity contribution >= 4 is 17.9 Å². The largest absolute Gasteiger partial charge is 0.441 e. The van der Waals surface area contributed by atoms with Crippen LogP contribution in [-0.4, -0.2) is 59.5 Å². The summed E-state index contributed by atoms with van der Waals surface area (Å²) in [7, 11) is 0. The van der Waals surface area contributed by atoms with Crippen molar-refractivity contribution in [2.45, 2.75) is 37.7 Å². The van der Waals surface area contributed by atoms with E-state index in [1.807, 2.05) is 30.3 Å². The molecule has 1 saturated carbocycles. The first kappa shape index (κ1) is 17.8. The number of hydrogen-bond donors (Lipinski definition) is 1. The van der Waals surface area contributed by atoms with Crippen molar-refractivity contribution in [2.75, 3.05) is 26.2 Å². The van der Waals surface area contributed by atoms with E-state index >= 15 is 0 Å². The standard InChI is InChI=1S/C20H25N3O4/c21-16(24)20(7-8-20)17(25)22-12-9-19(10-13-22)14-23(18(26)27-19)11-6-15-4-2-1-3-5-15/h1-5H,6-14H2,(H2,21,24). The quantitative estimate of drug-likeness (QED) is 0.790. The summed E-state index contributed by atoms with van der Waals surface area (Å²) in [5, 5.41) is 0. The van der Waals surface area contributed by atoms with Gasteiger partial charge in [0, 0.05) is 32.5 Å². The number of nitrogens with zero attached hydrogens (tertiary/aromatic N) is 2. The number of carbonyl (C=O) groups excluding carboxylic acids is 3. The highest BCUT2D eigenvalue weighted by Gasteiger charge is 2.58. The molecule has 1 aromatic rings. The van der Waals surface area contributed by atoms with Crippen molar-refractivity contribution in [3.05, 3.63) is 35.9 Å². The van der Waals surface area contributed by atoms with Crippen molar-refractivity contribution in [2.24, 2.45) is 11.1 Å². The Kier molecular flexibility index (Phi) is 4.32. The molecule has 2 heterocycles. The van der Waals surface area contributed by atoms with E-state index in [2.05, 4.69) is 0 Å². The third kappa shape index (κ3) is 3.26. The van der Waals surface area contributed by atoms with Crippen LogP contribution in [0.3, 0.4) is 0 Å². The smallest absolute Gasteiger partial charge is 0.410 e. The van der Waals surface area contributed by atoms with E-state index in [9.17, 15) is 14.4 Å². The number of rotatable bonds is 5. The highest BCUT2D eigenvalue weighted by atomic mass is 16.6. The Hall–Kier alpha value is -2.57. The van der Waals surface area contributed by atoms with Crippen LogP contribution in [0, 0.1) is 5.41 Å². The van der Waals surface area contributed by atoms with Gasteiger partial charge in [-0.25, -0.2) is 4.79 Å². The Bertz CT molecular complexity index is 752. The monoisotopic (exact) mass is 371 g/mol. The highest BCUT2D eigenvalue weighted by Crippen LogP contribution is 2.47. The molecule has 0 bridgehead atoms. The minimum atomic E-state index is -0.974. The average Bonchev–Trinajstić information content (AvgIpc) is 3.43. The molecule has 0 atom stereocenters. The van der Waals surface area contributed by atoms with E-state index in [1.54, 1.807) is 9.80 Å². The van der Waals surface area contributed by atoms with Crippen LogP contribution in [0.2, 0.25) is 0 Å². The molecule has 1 aromatic carbocycles. The first-order chi connectivity index (χ1) is 12.9. The molecule has 2 aliphatic heterocycles. The summed E-state index contributed by atoms with van der Waals surface area (Å²) < 4.78 is 5.73. The molecule has 1 spiro atoms. The lowest BCUT2D eigenvalue weighted by Gasteiger charge is -2.38. The summed E-state index contributed by atoms with van der Waals surface area (Å²) >= 11 is 0. The Labute approximate surface area is 158 Å². The molecule has 0 radical (unpaired) electrons. The van der Waals surface area contributed by atoms with E-state index in [-0.39, 0.29) is 12.0 Å². The molecule has 144 valence electrons. The summed E-state index contributed by atoms with van der Waals surface area (Å²) in [6.45, 7) is 2.17. The maximum absolute atomic E-state index is 12.6. The molecule has 7 heteroatoms. The van der Waals surface area contributed by atoms with Crippen molar-refractivity contribution < 1.29 is 19.1 Å². The van der Waals surface area contributed by atoms with Crippen molar-refractivity contribution in [1.82, 2.24) is 9.80 Å². The van der Waals surface area contributed by atoms with Gasteiger partial charge in [-0.15, -0.1) is 0 Å². The summed E-state index contributed by atoms with van der Waals surface area (Å²) in [5.41, 5.74) is 5.11. The van der Waals surface area contributed by atoms with Crippen LogP contribution in [0.5, 0.6) is 0 Å². The number of piperidine rings is 1. The highest BCUT2D eigenvalue weighted by molar-refractivity contribution is 6.07. The van der Waals surface area contributed by atoms with Crippen LogP contribution >= 0.6 is 0 Å². The van der Waals surface area contributed by atoms with Gasteiger partial charge in [0.2, 0.25) is 11.8 Å². The molecule has 0 aromatic heterocycles. The van der Waals surface area contributed by atoms with Gasteiger partial charge in [-0.1, -0.05) is 30.3 Å². The molecule has 1 aliphatic carbocycles. The predicted octanol–water partition coefficient (Wildman–Crippen LogP) is 1.31. The lowest BCUT2D eigenvalue weighted by molar-refractivity contribution is -0.145. The second kappa shape index (κ2) is 6.55. The number of nitrogens with two attached hydrogens (primary N) is 1. The van der Waals surface area contributed by atoms with Crippen molar-refractivity contribution in [1.29, 1.82) is 0 Å². The van der Waals surface area contributed by atoms with Gasteiger partial charge in [-0.3, -0.25) is 9.59 Å². The minimum Gasteiger partial charge on any atom is -0.441 e. The zero-order valence-electron chi connectivity index (χ0n) is 15.4. The van der Waals surface area contributed by atoms with E-state index in [0.29, 0.717) is 51.9 Å². The SMILES string of the molecule is NC(=O)C1(C(=O)N2CCC3(CC2)CN(CCc2ccccc2)C(=O)O3)CC1. The first-order valence-electron chi connectivity index (χ1n) is 9.55. The average molecular weight is 371 g/mol. The van der Waals surface area contributed by atoms with Crippen LogP contribution in [-0.2, 0) is 20.7 Å². The van der Waals surface area contributed by atoms with Gasteiger partial charge in [0.1, 0.15) is 11.0 Å². The van der Waals surface area contributed by atoms with E-state index in [0.717, 1.165) is 6.42 Å².